The van der Waals surface area contributed by atoms with E-state index in [2.05, 4.69) is 19.2 Å². The zero-order valence-electron chi connectivity index (χ0n) is 25.9. The molecule has 0 fully saturated rings. The normalized spacial score (nSPS) is 12.3. The van der Waals surface area contributed by atoms with Gasteiger partial charge in [-0.1, -0.05) is 94.3 Å². The molecule has 0 saturated carbocycles. The van der Waals surface area contributed by atoms with E-state index in [0.29, 0.717) is 18.7 Å². The summed E-state index contributed by atoms with van der Waals surface area (Å²) in [6.07, 6.45) is 0.384. The summed E-state index contributed by atoms with van der Waals surface area (Å²) < 4.78 is 29.2. The number of hydrogen-bond acceptors (Lipinski definition) is 4. The molecule has 42 heavy (non-hydrogen) atoms. The summed E-state index contributed by atoms with van der Waals surface area (Å²) in [6.45, 7) is 14.1. The molecule has 0 bridgehead atoms. The Morgan fingerprint density at radius 2 is 1.36 bits per heavy atom. The summed E-state index contributed by atoms with van der Waals surface area (Å²) >= 11 is 0. The Kier molecular flexibility index (Phi) is 11.3. The second kappa shape index (κ2) is 14.5. The summed E-state index contributed by atoms with van der Waals surface area (Å²) in [4.78, 5) is 29.1. The molecule has 8 heteroatoms. The van der Waals surface area contributed by atoms with E-state index < -0.39 is 28.5 Å². The van der Waals surface area contributed by atoms with Crippen LogP contribution in [0.5, 0.6) is 0 Å². The van der Waals surface area contributed by atoms with Gasteiger partial charge in [-0.2, -0.15) is 0 Å². The highest BCUT2D eigenvalue weighted by Crippen LogP contribution is 2.27. The average Bonchev–Trinajstić information content (AvgIpc) is 2.95. The molecule has 3 rings (SSSR count). The standard InChI is InChI=1S/C34H45N3O4S/c1-8-32(34(39)35-21-24(2)3)36(22-28-13-9-26(6)10-14-28)33(38)23-37(30-17-15-29(16-18-30)25(4)5)42(40,41)31-19-11-27(7)12-20-31/h9-20,24-25,32H,8,21-23H2,1-7H3,(H,35,39)/t32-/m1/s1. The van der Waals surface area contributed by atoms with E-state index in [4.69, 9.17) is 0 Å². The van der Waals surface area contributed by atoms with Gasteiger partial charge >= 0.3 is 0 Å². The number of nitrogens with zero attached hydrogens (tertiary/aromatic N) is 2. The van der Waals surface area contributed by atoms with Gasteiger partial charge in [0.2, 0.25) is 11.8 Å². The molecule has 3 aromatic rings. The average molecular weight is 592 g/mol. The molecule has 1 atom stereocenters. The number of aryl methyl sites for hydroxylation is 2. The van der Waals surface area contributed by atoms with E-state index in [1.807, 2.05) is 71.0 Å². The summed E-state index contributed by atoms with van der Waals surface area (Å²) in [5.41, 5.74) is 4.32. The molecule has 226 valence electrons. The maximum atomic E-state index is 14.2. The molecule has 0 aromatic heterocycles. The predicted molar refractivity (Wildman–Crippen MR) is 170 cm³/mol. The second-order valence-electron chi connectivity index (χ2n) is 11.6. The number of carbonyl (C=O) groups excluding carboxylic acids is 2. The predicted octanol–water partition coefficient (Wildman–Crippen LogP) is 6.20. The number of nitrogens with one attached hydrogen (secondary N) is 1. The molecule has 0 aliphatic heterocycles. The fourth-order valence-electron chi connectivity index (χ4n) is 4.62. The van der Waals surface area contributed by atoms with Crippen LogP contribution in [0.2, 0.25) is 0 Å². The van der Waals surface area contributed by atoms with Gasteiger partial charge in [-0.15, -0.1) is 0 Å². The van der Waals surface area contributed by atoms with Crippen molar-refractivity contribution in [2.24, 2.45) is 5.92 Å². The number of anilines is 1. The smallest absolute Gasteiger partial charge is 0.264 e. The molecule has 3 aromatic carbocycles. The SMILES string of the molecule is CC[C@H](C(=O)NCC(C)C)N(Cc1ccc(C)cc1)C(=O)CN(c1ccc(C(C)C)cc1)S(=O)(=O)c1ccc(C)cc1. The lowest BCUT2D eigenvalue weighted by molar-refractivity contribution is -0.140. The molecule has 1 N–H and O–H groups in total. The molecule has 7 nitrogen and oxygen atoms in total. The highest BCUT2D eigenvalue weighted by molar-refractivity contribution is 7.92. The Morgan fingerprint density at radius 3 is 1.86 bits per heavy atom. The van der Waals surface area contributed by atoms with Crippen LogP contribution in [0, 0.1) is 19.8 Å². The van der Waals surface area contributed by atoms with Gasteiger partial charge in [0.1, 0.15) is 12.6 Å². The van der Waals surface area contributed by atoms with Gasteiger partial charge in [0.25, 0.3) is 10.0 Å². The molecule has 0 aliphatic rings. The number of benzene rings is 3. The lowest BCUT2D eigenvalue weighted by Gasteiger charge is -2.33. The Hall–Kier alpha value is -3.65. The number of sulfonamides is 1. The van der Waals surface area contributed by atoms with Gasteiger partial charge in [0.15, 0.2) is 0 Å². The number of hydrogen-bond donors (Lipinski definition) is 1. The molecule has 0 aliphatic carbocycles. The van der Waals surface area contributed by atoms with Gasteiger partial charge in [-0.3, -0.25) is 13.9 Å². The number of carbonyl (C=O) groups is 2. The van der Waals surface area contributed by atoms with Crippen LogP contribution in [0.3, 0.4) is 0 Å². The monoisotopic (exact) mass is 591 g/mol. The van der Waals surface area contributed by atoms with Crippen LogP contribution in [-0.2, 0) is 26.2 Å². The van der Waals surface area contributed by atoms with Crippen LogP contribution in [0.25, 0.3) is 0 Å². The Bertz CT molecular complexity index is 1430. The Balaban J connectivity index is 2.06. The van der Waals surface area contributed by atoms with Gasteiger partial charge in [-0.05, 0) is 67.5 Å². The van der Waals surface area contributed by atoms with E-state index in [-0.39, 0.29) is 29.2 Å². The summed E-state index contributed by atoms with van der Waals surface area (Å²) in [5, 5.41) is 2.96. The minimum atomic E-state index is -4.10. The largest absolute Gasteiger partial charge is 0.354 e. The number of amides is 2. The van der Waals surface area contributed by atoms with Gasteiger partial charge in [0.05, 0.1) is 10.6 Å². The van der Waals surface area contributed by atoms with Crippen molar-refractivity contribution in [3.05, 3.63) is 95.1 Å². The van der Waals surface area contributed by atoms with Gasteiger partial charge < -0.3 is 10.2 Å². The summed E-state index contributed by atoms with van der Waals surface area (Å²) in [6, 6.07) is 20.9. The highest BCUT2D eigenvalue weighted by atomic mass is 32.2. The maximum absolute atomic E-state index is 14.2. The lowest BCUT2D eigenvalue weighted by Crippen LogP contribution is -2.52. The van der Waals surface area contributed by atoms with Crippen LogP contribution in [0.15, 0.2) is 77.7 Å². The van der Waals surface area contributed by atoms with Crippen LogP contribution < -0.4 is 9.62 Å². The molecule has 0 spiro atoms. The molecule has 2 amide bonds. The molecule has 0 heterocycles. The van der Waals surface area contributed by atoms with Crippen LogP contribution in [0.1, 0.15) is 69.2 Å². The van der Waals surface area contributed by atoms with E-state index in [1.165, 1.54) is 4.90 Å². The zero-order valence-corrected chi connectivity index (χ0v) is 26.7. The highest BCUT2D eigenvalue weighted by Gasteiger charge is 2.33. The van der Waals surface area contributed by atoms with Crippen molar-refractivity contribution in [3.8, 4) is 0 Å². The quantitative estimate of drug-likeness (QED) is 0.256. The Labute approximate surface area is 252 Å². The van der Waals surface area contributed by atoms with Crippen molar-refractivity contribution in [3.63, 3.8) is 0 Å². The first-order valence-corrected chi connectivity index (χ1v) is 16.1. The van der Waals surface area contributed by atoms with Crippen LogP contribution in [-0.4, -0.2) is 44.3 Å². The van der Waals surface area contributed by atoms with E-state index in [9.17, 15) is 18.0 Å². The first-order chi connectivity index (χ1) is 19.8. The molecule has 0 radical (unpaired) electrons. The first kappa shape index (κ1) is 32.9. The van der Waals surface area contributed by atoms with E-state index in [1.54, 1.807) is 36.4 Å². The molecular formula is C34H45N3O4S. The van der Waals surface area contributed by atoms with Crippen LogP contribution >= 0.6 is 0 Å². The van der Waals surface area contributed by atoms with Crippen molar-refractivity contribution < 1.29 is 18.0 Å². The third kappa shape index (κ3) is 8.44. The molecule has 0 unspecified atom stereocenters. The third-order valence-corrected chi connectivity index (χ3v) is 9.07. The second-order valence-corrected chi connectivity index (χ2v) is 13.5. The van der Waals surface area contributed by atoms with E-state index >= 15 is 0 Å². The van der Waals surface area contributed by atoms with Crippen LogP contribution in [0.4, 0.5) is 5.69 Å². The van der Waals surface area contributed by atoms with Crippen molar-refractivity contribution in [1.29, 1.82) is 0 Å². The third-order valence-electron chi connectivity index (χ3n) is 7.28. The Morgan fingerprint density at radius 1 is 0.810 bits per heavy atom. The summed E-state index contributed by atoms with van der Waals surface area (Å²) in [5.74, 6) is -0.189. The van der Waals surface area contributed by atoms with Crippen molar-refractivity contribution in [2.75, 3.05) is 17.4 Å². The lowest BCUT2D eigenvalue weighted by atomic mass is 10.0. The maximum Gasteiger partial charge on any atom is 0.264 e. The van der Waals surface area contributed by atoms with Crippen molar-refractivity contribution in [1.82, 2.24) is 10.2 Å². The first-order valence-electron chi connectivity index (χ1n) is 14.7. The fourth-order valence-corrected chi connectivity index (χ4v) is 6.04. The minimum absolute atomic E-state index is 0.0978. The minimum Gasteiger partial charge on any atom is -0.354 e. The molecule has 0 saturated heterocycles. The van der Waals surface area contributed by atoms with Gasteiger partial charge in [-0.25, -0.2) is 8.42 Å². The fraction of sp³-hybridized carbons (Fsp3) is 0.412. The van der Waals surface area contributed by atoms with Gasteiger partial charge in [0, 0.05) is 13.1 Å². The van der Waals surface area contributed by atoms with Crippen molar-refractivity contribution >= 4 is 27.5 Å². The summed E-state index contributed by atoms with van der Waals surface area (Å²) in [7, 11) is -4.10. The van der Waals surface area contributed by atoms with E-state index in [0.717, 1.165) is 26.6 Å². The zero-order chi connectivity index (χ0) is 31.0. The number of rotatable bonds is 13. The van der Waals surface area contributed by atoms with Crippen molar-refractivity contribution in [2.45, 2.75) is 78.3 Å². The topological polar surface area (TPSA) is 86.8 Å². The molecular weight excluding hydrogens is 546 g/mol.